The summed E-state index contributed by atoms with van der Waals surface area (Å²) in [5.74, 6) is 0. The van der Waals surface area contributed by atoms with Crippen molar-refractivity contribution in [3.8, 4) is 0 Å². The van der Waals surface area contributed by atoms with Gasteiger partial charge in [0, 0.05) is 6.54 Å². The summed E-state index contributed by atoms with van der Waals surface area (Å²) >= 11 is 0. The first-order chi connectivity index (χ1) is 7.66. The quantitative estimate of drug-likeness (QED) is 0.800. The third-order valence-electron chi connectivity index (χ3n) is 2.08. The fourth-order valence-electron chi connectivity index (χ4n) is 1.39. The van der Waals surface area contributed by atoms with Crippen LogP contribution < -0.4 is 5.32 Å². The van der Waals surface area contributed by atoms with E-state index in [2.05, 4.69) is 5.32 Å². The molecule has 0 spiro atoms. The molecule has 0 saturated heterocycles. The zero-order valence-corrected chi connectivity index (χ0v) is 8.71. The molecule has 7 heteroatoms. The molecule has 0 heterocycles. The van der Waals surface area contributed by atoms with Crippen LogP contribution in [0.2, 0.25) is 0 Å². The van der Waals surface area contributed by atoms with Gasteiger partial charge in [-0.1, -0.05) is 6.07 Å². The minimum absolute atomic E-state index is 0.0707. The van der Waals surface area contributed by atoms with Gasteiger partial charge in [-0.2, -0.15) is 26.3 Å². The lowest BCUT2D eigenvalue weighted by Crippen LogP contribution is -2.17. The minimum atomic E-state index is -5.02. The highest BCUT2D eigenvalue weighted by Gasteiger charge is 2.42. The summed E-state index contributed by atoms with van der Waals surface area (Å²) in [6.07, 6.45) is -10.0. The number of hydrogen-bond donors (Lipinski definition) is 1. The van der Waals surface area contributed by atoms with Crippen molar-refractivity contribution >= 4 is 0 Å². The lowest BCUT2D eigenvalue weighted by Gasteiger charge is -2.16. The highest BCUT2D eigenvalue weighted by atomic mass is 19.4. The van der Waals surface area contributed by atoms with Gasteiger partial charge in [0.05, 0.1) is 11.1 Å². The van der Waals surface area contributed by atoms with E-state index in [0.717, 1.165) is 6.07 Å². The fraction of sp³-hybridized carbons (Fsp3) is 0.400. The van der Waals surface area contributed by atoms with E-state index in [1.165, 1.54) is 7.05 Å². The van der Waals surface area contributed by atoms with E-state index in [1.807, 2.05) is 0 Å². The Labute approximate surface area is 93.4 Å². The Morgan fingerprint density at radius 3 is 1.88 bits per heavy atom. The van der Waals surface area contributed by atoms with Gasteiger partial charge in [0.15, 0.2) is 0 Å². The van der Waals surface area contributed by atoms with Gasteiger partial charge in [-0.25, -0.2) is 0 Å². The van der Waals surface area contributed by atoms with Crippen molar-refractivity contribution in [2.24, 2.45) is 0 Å². The van der Waals surface area contributed by atoms with Crippen LogP contribution in [0.1, 0.15) is 16.7 Å². The summed E-state index contributed by atoms with van der Waals surface area (Å²) in [5.41, 5.74) is -3.17. The van der Waals surface area contributed by atoms with E-state index in [1.54, 1.807) is 0 Å². The summed E-state index contributed by atoms with van der Waals surface area (Å²) in [6.45, 7) is 0.0707. The number of hydrogen-bond acceptors (Lipinski definition) is 1. The Balaban J connectivity index is 3.33. The molecule has 0 aliphatic heterocycles. The Kier molecular flexibility index (Phi) is 3.71. The second-order valence-corrected chi connectivity index (χ2v) is 3.41. The van der Waals surface area contributed by atoms with Crippen LogP contribution in [0, 0.1) is 0 Å². The molecule has 0 unspecified atom stereocenters. The molecule has 0 aromatic heterocycles. The summed E-state index contributed by atoms with van der Waals surface area (Å²) in [7, 11) is 1.49. The average molecular weight is 257 g/mol. The normalized spacial score (nSPS) is 12.9. The van der Waals surface area contributed by atoms with E-state index < -0.39 is 23.5 Å². The van der Waals surface area contributed by atoms with Crippen molar-refractivity contribution in [2.75, 3.05) is 7.05 Å². The van der Waals surface area contributed by atoms with E-state index in [9.17, 15) is 26.3 Å². The molecule has 0 aliphatic carbocycles. The van der Waals surface area contributed by atoms with E-state index >= 15 is 0 Å². The molecule has 0 fully saturated rings. The van der Waals surface area contributed by atoms with Gasteiger partial charge in [-0.05, 0) is 24.7 Å². The Morgan fingerprint density at radius 1 is 0.941 bits per heavy atom. The van der Waals surface area contributed by atoms with E-state index in [0.29, 0.717) is 12.1 Å². The molecule has 0 saturated carbocycles. The molecule has 1 aromatic rings. The van der Waals surface area contributed by atoms with Crippen LogP contribution in [0.4, 0.5) is 26.3 Å². The van der Waals surface area contributed by atoms with Crippen LogP contribution in [0.15, 0.2) is 18.2 Å². The van der Waals surface area contributed by atoms with Crippen molar-refractivity contribution in [1.29, 1.82) is 0 Å². The number of nitrogens with one attached hydrogen (secondary N) is 1. The van der Waals surface area contributed by atoms with Crippen molar-refractivity contribution in [2.45, 2.75) is 18.9 Å². The third-order valence-corrected chi connectivity index (χ3v) is 2.08. The van der Waals surface area contributed by atoms with E-state index in [-0.39, 0.29) is 12.1 Å². The molecular weight excluding hydrogens is 248 g/mol. The molecule has 0 radical (unpaired) electrons. The van der Waals surface area contributed by atoms with Crippen molar-refractivity contribution < 1.29 is 26.3 Å². The largest absolute Gasteiger partial charge is 0.417 e. The molecule has 1 rings (SSSR count). The van der Waals surface area contributed by atoms with Crippen LogP contribution in [-0.4, -0.2) is 7.05 Å². The SMILES string of the molecule is CNCc1ccc(C(F)(F)F)c(C(F)(F)F)c1. The first-order valence-electron chi connectivity index (χ1n) is 4.58. The Morgan fingerprint density at radius 2 is 1.47 bits per heavy atom. The van der Waals surface area contributed by atoms with Crippen molar-refractivity contribution in [3.05, 3.63) is 34.9 Å². The second kappa shape index (κ2) is 4.56. The third kappa shape index (κ3) is 3.36. The smallest absolute Gasteiger partial charge is 0.316 e. The standard InChI is InChI=1S/C10H9F6N/c1-17-5-6-2-3-7(9(11,12)13)8(4-6)10(14,15)16/h2-4,17H,5H2,1H3. The summed E-state index contributed by atoms with van der Waals surface area (Å²) < 4.78 is 74.6. The predicted octanol–water partition coefficient (Wildman–Crippen LogP) is 3.44. The van der Waals surface area contributed by atoms with Crippen LogP contribution in [0.3, 0.4) is 0 Å². The second-order valence-electron chi connectivity index (χ2n) is 3.41. The first-order valence-corrected chi connectivity index (χ1v) is 4.58. The van der Waals surface area contributed by atoms with Crippen LogP contribution in [0.5, 0.6) is 0 Å². The lowest BCUT2D eigenvalue weighted by atomic mass is 10.0. The summed E-state index contributed by atoms with van der Waals surface area (Å²) in [5, 5.41) is 2.57. The van der Waals surface area contributed by atoms with Crippen LogP contribution in [0.25, 0.3) is 0 Å². The summed E-state index contributed by atoms with van der Waals surface area (Å²) in [6, 6.07) is 1.99. The van der Waals surface area contributed by atoms with Gasteiger partial charge < -0.3 is 5.32 Å². The number of alkyl halides is 6. The molecule has 1 nitrogen and oxygen atoms in total. The van der Waals surface area contributed by atoms with E-state index in [4.69, 9.17) is 0 Å². The first kappa shape index (κ1) is 13.8. The Bertz CT molecular complexity index is 393. The van der Waals surface area contributed by atoms with Gasteiger partial charge in [0.25, 0.3) is 0 Å². The topological polar surface area (TPSA) is 12.0 Å². The molecule has 96 valence electrons. The van der Waals surface area contributed by atoms with Gasteiger partial charge in [-0.3, -0.25) is 0 Å². The van der Waals surface area contributed by atoms with Crippen LogP contribution in [-0.2, 0) is 18.9 Å². The highest BCUT2D eigenvalue weighted by molar-refractivity contribution is 5.36. The molecule has 0 amide bonds. The predicted molar refractivity (Wildman–Crippen MR) is 49.2 cm³/mol. The van der Waals surface area contributed by atoms with Gasteiger partial charge in [-0.15, -0.1) is 0 Å². The van der Waals surface area contributed by atoms with Gasteiger partial charge >= 0.3 is 12.4 Å². The molecule has 1 aromatic carbocycles. The maximum absolute atomic E-state index is 12.5. The molecule has 0 aliphatic rings. The highest BCUT2D eigenvalue weighted by Crippen LogP contribution is 2.40. The molecule has 1 N–H and O–H groups in total. The zero-order chi connectivity index (χ0) is 13.3. The molecule has 0 bridgehead atoms. The molecule has 0 atom stereocenters. The number of halogens is 6. The average Bonchev–Trinajstić information content (AvgIpc) is 2.15. The van der Waals surface area contributed by atoms with Gasteiger partial charge in [0.2, 0.25) is 0 Å². The molecule has 17 heavy (non-hydrogen) atoms. The van der Waals surface area contributed by atoms with Gasteiger partial charge in [0.1, 0.15) is 0 Å². The number of rotatable bonds is 2. The fourth-order valence-corrected chi connectivity index (χ4v) is 1.39. The maximum Gasteiger partial charge on any atom is 0.417 e. The summed E-state index contributed by atoms with van der Waals surface area (Å²) in [4.78, 5) is 0. The monoisotopic (exact) mass is 257 g/mol. The maximum atomic E-state index is 12.5. The minimum Gasteiger partial charge on any atom is -0.316 e. The zero-order valence-electron chi connectivity index (χ0n) is 8.71. The number of benzene rings is 1. The Hall–Kier alpha value is -1.24. The van der Waals surface area contributed by atoms with Crippen LogP contribution >= 0.6 is 0 Å². The molecular formula is C10H9F6N. The van der Waals surface area contributed by atoms with Crippen molar-refractivity contribution in [1.82, 2.24) is 5.32 Å². The van der Waals surface area contributed by atoms with Crippen molar-refractivity contribution in [3.63, 3.8) is 0 Å². The lowest BCUT2D eigenvalue weighted by molar-refractivity contribution is -0.162.